The molecule has 2 atom stereocenters. The Kier molecular flexibility index (Phi) is 5.44. The molecule has 5 heteroatoms. The summed E-state index contributed by atoms with van der Waals surface area (Å²) in [7, 11) is 0. The van der Waals surface area contributed by atoms with Crippen LogP contribution in [0.25, 0.3) is 0 Å². The minimum absolute atomic E-state index is 0.0509. The van der Waals surface area contributed by atoms with Gasteiger partial charge in [0, 0.05) is 23.7 Å². The maximum atomic E-state index is 13.9. The average Bonchev–Trinajstić information content (AvgIpc) is 2.65. The third kappa shape index (κ3) is 3.81. The van der Waals surface area contributed by atoms with Gasteiger partial charge in [-0.2, -0.15) is 0 Å². The Morgan fingerprint density at radius 3 is 1.93 bits per heavy atom. The molecule has 1 saturated heterocycles. The summed E-state index contributed by atoms with van der Waals surface area (Å²) in [5.74, 6) is -0.620. The molecule has 28 heavy (non-hydrogen) atoms. The van der Waals surface area contributed by atoms with Gasteiger partial charge in [0.25, 0.3) is 0 Å². The molecule has 1 aliphatic rings. The normalized spacial score (nSPS) is 18.1. The topological polar surface area (TPSA) is 29.3 Å². The first-order valence-electron chi connectivity index (χ1n) is 9.30. The van der Waals surface area contributed by atoms with E-state index in [2.05, 4.69) is 4.90 Å². The van der Waals surface area contributed by atoms with Crippen molar-refractivity contribution in [3.05, 3.63) is 106 Å². The number of likely N-dealkylation sites (tertiary alicyclic amines) is 1. The van der Waals surface area contributed by atoms with Crippen molar-refractivity contribution in [3.8, 4) is 0 Å². The highest BCUT2D eigenvalue weighted by molar-refractivity contribution is 6.30. The molecule has 2 nitrogen and oxygen atoms in total. The first kappa shape index (κ1) is 19.1. The molecule has 1 fully saturated rings. The van der Waals surface area contributed by atoms with Gasteiger partial charge >= 0.3 is 0 Å². The number of nitrogens with zero attached hydrogens (tertiary/aromatic N) is 1. The van der Waals surface area contributed by atoms with Crippen LogP contribution in [-0.4, -0.2) is 17.5 Å². The van der Waals surface area contributed by atoms with E-state index in [0.717, 1.165) is 29.7 Å². The van der Waals surface area contributed by atoms with Gasteiger partial charge in [-0.1, -0.05) is 48.0 Å². The van der Waals surface area contributed by atoms with E-state index in [4.69, 9.17) is 17.3 Å². The molecular formula is C23H21ClF2N2. The molecule has 0 bridgehead atoms. The first-order valence-corrected chi connectivity index (χ1v) is 9.68. The van der Waals surface area contributed by atoms with Crippen LogP contribution in [0.1, 0.15) is 35.2 Å². The second-order valence-electron chi connectivity index (χ2n) is 7.19. The smallest absolute Gasteiger partial charge is 0.123 e. The molecule has 0 amide bonds. The zero-order chi connectivity index (χ0) is 19.7. The van der Waals surface area contributed by atoms with E-state index in [0.29, 0.717) is 5.02 Å². The van der Waals surface area contributed by atoms with E-state index < -0.39 is 0 Å². The van der Waals surface area contributed by atoms with E-state index in [-0.39, 0.29) is 29.8 Å². The molecule has 1 heterocycles. The van der Waals surface area contributed by atoms with Crippen LogP contribution >= 0.6 is 11.6 Å². The number of halogens is 3. The van der Waals surface area contributed by atoms with E-state index in [1.807, 2.05) is 36.4 Å². The second-order valence-corrected chi connectivity index (χ2v) is 7.62. The summed E-state index contributed by atoms with van der Waals surface area (Å²) in [4.78, 5) is 2.22. The highest BCUT2D eigenvalue weighted by Crippen LogP contribution is 2.40. The lowest BCUT2D eigenvalue weighted by Crippen LogP contribution is -2.54. The highest BCUT2D eigenvalue weighted by atomic mass is 35.5. The van der Waals surface area contributed by atoms with Gasteiger partial charge in [0.05, 0.1) is 6.04 Å². The SMILES string of the molecule is N[C@@H](c1cccc(Cl)c1)[C@@H]1CCN1C(c1cccc(F)c1)c1cccc(F)c1. The lowest BCUT2D eigenvalue weighted by Gasteiger charge is -2.49. The third-order valence-corrected chi connectivity index (χ3v) is 5.65. The highest BCUT2D eigenvalue weighted by Gasteiger charge is 2.39. The molecule has 0 spiro atoms. The lowest BCUT2D eigenvalue weighted by atomic mass is 9.85. The molecule has 3 aromatic carbocycles. The summed E-state index contributed by atoms with van der Waals surface area (Å²) in [6.07, 6.45) is 0.912. The molecule has 0 saturated carbocycles. The predicted octanol–water partition coefficient (Wildman–Crippen LogP) is 5.48. The van der Waals surface area contributed by atoms with Gasteiger partial charge < -0.3 is 5.73 Å². The molecule has 0 aromatic heterocycles. The van der Waals surface area contributed by atoms with Crippen LogP contribution in [0.5, 0.6) is 0 Å². The largest absolute Gasteiger partial charge is 0.323 e. The molecule has 3 aromatic rings. The van der Waals surface area contributed by atoms with Crippen LogP contribution in [-0.2, 0) is 0 Å². The Morgan fingerprint density at radius 2 is 1.43 bits per heavy atom. The lowest BCUT2D eigenvalue weighted by molar-refractivity contribution is 0.0391. The van der Waals surface area contributed by atoms with Crippen LogP contribution in [0.2, 0.25) is 5.02 Å². The Labute approximate surface area is 168 Å². The minimum atomic E-state index is -0.310. The molecule has 0 aliphatic carbocycles. The Balaban J connectivity index is 1.70. The summed E-state index contributed by atoms with van der Waals surface area (Å²) in [6, 6.07) is 20.1. The van der Waals surface area contributed by atoms with Crippen molar-refractivity contribution in [3.63, 3.8) is 0 Å². The number of hydrogen-bond donors (Lipinski definition) is 1. The van der Waals surface area contributed by atoms with Crippen molar-refractivity contribution in [1.29, 1.82) is 0 Å². The van der Waals surface area contributed by atoms with Crippen molar-refractivity contribution < 1.29 is 8.78 Å². The standard InChI is InChI=1S/C23H21ClF2N2/c24-18-7-1-4-15(12-18)22(27)21-10-11-28(21)23(16-5-2-8-19(25)13-16)17-6-3-9-20(26)14-17/h1-9,12-14,21-23H,10-11,27H2/t21-,22-/m0/s1. The monoisotopic (exact) mass is 398 g/mol. The van der Waals surface area contributed by atoms with Gasteiger partial charge in [-0.3, -0.25) is 4.90 Å². The van der Waals surface area contributed by atoms with Gasteiger partial charge in [0.1, 0.15) is 11.6 Å². The number of nitrogens with two attached hydrogens (primary N) is 1. The van der Waals surface area contributed by atoms with Crippen molar-refractivity contribution in [2.75, 3.05) is 6.54 Å². The zero-order valence-corrected chi connectivity index (χ0v) is 16.0. The summed E-state index contributed by atoms with van der Waals surface area (Å²) in [5, 5.41) is 0.644. The fraction of sp³-hybridized carbons (Fsp3) is 0.217. The van der Waals surface area contributed by atoms with E-state index in [1.54, 1.807) is 12.1 Å². The van der Waals surface area contributed by atoms with Crippen LogP contribution in [0, 0.1) is 11.6 Å². The molecule has 4 rings (SSSR count). The molecule has 0 unspecified atom stereocenters. The maximum Gasteiger partial charge on any atom is 0.123 e. The summed E-state index contributed by atoms with van der Waals surface area (Å²) in [5.41, 5.74) is 9.09. The minimum Gasteiger partial charge on any atom is -0.323 e. The van der Waals surface area contributed by atoms with E-state index >= 15 is 0 Å². The van der Waals surface area contributed by atoms with Crippen LogP contribution < -0.4 is 5.73 Å². The number of benzene rings is 3. The summed E-state index contributed by atoms with van der Waals surface area (Å²) in [6.45, 7) is 0.802. The number of rotatable bonds is 5. The molecule has 2 N–H and O–H groups in total. The quantitative estimate of drug-likeness (QED) is 0.616. The van der Waals surface area contributed by atoms with Gasteiger partial charge in [0.2, 0.25) is 0 Å². The van der Waals surface area contributed by atoms with Gasteiger partial charge in [-0.15, -0.1) is 0 Å². The van der Waals surface area contributed by atoms with E-state index in [1.165, 1.54) is 24.3 Å². The van der Waals surface area contributed by atoms with E-state index in [9.17, 15) is 8.78 Å². The van der Waals surface area contributed by atoms with Crippen LogP contribution in [0.15, 0.2) is 72.8 Å². The molecule has 1 aliphatic heterocycles. The number of hydrogen-bond acceptors (Lipinski definition) is 2. The van der Waals surface area contributed by atoms with Crippen molar-refractivity contribution in [2.24, 2.45) is 5.73 Å². The summed E-state index contributed by atoms with van der Waals surface area (Å²) >= 11 is 6.13. The Bertz CT molecular complexity index is 933. The van der Waals surface area contributed by atoms with Crippen LogP contribution in [0.3, 0.4) is 0 Å². The van der Waals surface area contributed by atoms with Crippen molar-refractivity contribution in [2.45, 2.75) is 24.5 Å². The fourth-order valence-electron chi connectivity index (χ4n) is 4.00. The summed E-state index contributed by atoms with van der Waals surface area (Å²) < 4.78 is 27.9. The van der Waals surface area contributed by atoms with Gasteiger partial charge in [-0.25, -0.2) is 8.78 Å². The van der Waals surface area contributed by atoms with Crippen molar-refractivity contribution in [1.82, 2.24) is 4.90 Å². The molecule has 144 valence electrons. The second kappa shape index (κ2) is 8.00. The maximum absolute atomic E-state index is 13.9. The van der Waals surface area contributed by atoms with Gasteiger partial charge in [-0.05, 0) is 59.5 Å². The molecular weight excluding hydrogens is 378 g/mol. The van der Waals surface area contributed by atoms with Gasteiger partial charge in [0.15, 0.2) is 0 Å². The first-order chi connectivity index (χ1) is 13.5. The van der Waals surface area contributed by atoms with Crippen molar-refractivity contribution >= 4 is 11.6 Å². The Hall–Kier alpha value is -2.27. The third-order valence-electron chi connectivity index (χ3n) is 5.42. The Morgan fingerprint density at radius 1 is 0.857 bits per heavy atom. The fourth-order valence-corrected chi connectivity index (χ4v) is 4.20. The molecule has 0 radical (unpaired) electrons. The average molecular weight is 399 g/mol. The predicted molar refractivity (Wildman–Crippen MR) is 108 cm³/mol. The van der Waals surface area contributed by atoms with Crippen LogP contribution in [0.4, 0.5) is 8.78 Å². The zero-order valence-electron chi connectivity index (χ0n) is 15.2.